The van der Waals surface area contributed by atoms with Gasteiger partial charge < -0.3 is 14.6 Å². The zero-order valence-corrected chi connectivity index (χ0v) is 14.1. The zero-order valence-electron chi connectivity index (χ0n) is 14.1. The van der Waals surface area contributed by atoms with Crippen LogP contribution in [0.2, 0.25) is 0 Å². The first-order chi connectivity index (χ1) is 12.0. The third-order valence-electron chi connectivity index (χ3n) is 5.69. The maximum Gasteiger partial charge on any atom is 0.312 e. The molecule has 3 heterocycles. The van der Waals surface area contributed by atoms with Crippen molar-refractivity contribution in [3.05, 3.63) is 54.1 Å². The molecule has 2 aliphatic rings. The van der Waals surface area contributed by atoms with E-state index in [0.29, 0.717) is 18.5 Å². The molecule has 2 aromatic rings. The molecule has 6 heteroatoms. The predicted molar refractivity (Wildman–Crippen MR) is 91.0 cm³/mol. The van der Waals surface area contributed by atoms with Crippen molar-refractivity contribution in [1.82, 2.24) is 14.5 Å². The van der Waals surface area contributed by atoms with Crippen molar-refractivity contribution in [2.75, 3.05) is 0 Å². The highest BCUT2D eigenvalue weighted by Crippen LogP contribution is 2.52. The summed E-state index contributed by atoms with van der Waals surface area (Å²) >= 11 is 0. The molecule has 1 aromatic heterocycles. The first kappa shape index (κ1) is 15.9. The van der Waals surface area contributed by atoms with Crippen molar-refractivity contribution in [3.63, 3.8) is 0 Å². The van der Waals surface area contributed by atoms with Gasteiger partial charge in [-0.1, -0.05) is 30.3 Å². The highest BCUT2D eigenvalue weighted by Gasteiger charge is 2.61. The number of carboxylic acid groups (broad SMARTS) is 1. The SMILES string of the molecule is Cn1cnc(C(=O)N2[C@H]3CC[C@@H]2[C@](Cc2ccccc2)(C(=O)O)C3)c1. The summed E-state index contributed by atoms with van der Waals surface area (Å²) in [5, 5.41) is 10.1. The van der Waals surface area contributed by atoms with Gasteiger partial charge in [0.25, 0.3) is 5.91 Å². The van der Waals surface area contributed by atoms with Crippen LogP contribution in [0.4, 0.5) is 0 Å². The van der Waals surface area contributed by atoms with E-state index in [-0.39, 0.29) is 18.0 Å². The molecule has 1 N–H and O–H groups in total. The minimum Gasteiger partial charge on any atom is -0.481 e. The number of imidazole rings is 1. The number of carbonyl (C=O) groups is 2. The lowest BCUT2D eigenvalue weighted by molar-refractivity contribution is -0.150. The van der Waals surface area contributed by atoms with Crippen molar-refractivity contribution >= 4 is 11.9 Å². The molecule has 3 atom stereocenters. The molecule has 130 valence electrons. The van der Waals surface area contributed by atoms with Crippen molar-refractivity contribution in [3.8, 4) is 0 Å². The fourth-order valence-corrected chi connectivity index (χ4v) is 4.60. The molecule has 4 rings (SSSR count). The molecule has 1 amide bonds. The lowest BCUT2D eigenvalue weighted by Crippen LogP contribution is -2.46. The summed E-state index contributed by atoms with van der Waals surface area (Å²) in [5.41, 5.74) is 0.484. The number of benzene rings is 1. The highest BCUT2D eigenvalue weighted by atomic mass is 16.4. The topological polar surface area (TPSA) is 75.4 Å². The van der Waals surface area contributed by atoms with Crippen LogP contribution in [0.1, 0.15) is 35.3 Å². The summed E-state index contributed by atoms with van der Waals surface area (Å²) < 4.78 is 1.74. The monoisotopic (exact) mass is 339 g/mol. The second-order valence-electron chi connectivity index (χ2n) is 7.21. The molecule has 2 aliphatic heterocycles. The Morgan fingerprint density at radius 1 is 1.28 bits per heavy atom. The third kappa shape index (κ3) is 2.44. The number of amides is 1. The van der Waals surface area contributed by atoms with Gasteiger partial charge in [0.05, 0.1) is 11.7 Å². The van der Waals surface area contributed by atoms with Crippen LogP contribution in [-0.2, 0) is 18.3 Å². The van der Waals surface area contributed by atoms with Crippen LogP contribution in [0.5, 0.6) is 0 Å². The molecular formula is C19H21N3O3. The minimum absolute atomic E-state index is 0.0145. The number of hydrogen-bond acceptors (Lipinski definition) is 3. The van der Waals surface area contributed by atoms with E-state index in [4.69, 9.17) is 0 Å². The smallest absolute Gasteiger partial charge is 0.312 e. The molecule has 0 unspecified atom stereocenters. The van der Waals surface area contributed by atoms with Gasteiger partial charge in [-0.05, 0) is 31.2 Å². The fourth-order valence-electron chi connectivity index (χ4n) is 4.60. The molecule has 0 radical (unpaired) electrons. The Morgan fingerprint density at radius 2 is 2.04 bits per heavy atom. The quantitative estimate of drug-likeness (QED) is 0.926. The van der Waals surface area contributed by atoms with Gasteiger partial charge in [-0.15, -0.1) is 0 Å². The van der Waals surface area contributed by atoms with E-state index < -0.39 is 11.4 Å². The van der Waals surface area contributed by atoms with E-state index in [9.17, 15) is 14.7 Å². The molecule has 25 heavy (non-hydrogen) atoms. The molecule has 0 aliphatic carbocycles. The Morgan fingerprint density at radius 3 is 2.68 bits per heavy atom. The Balaban J connectivity index is 1.67. The summed E-state index contributed by atoms with van der Waals surface area (Å²) in [6.07, 6.45) is 5.87. The van der Waals surface area contributed by atoms with Crippen molar-refractivity contribution in [2.45, 2.75) is 37.8 Å². The molecule has 1 aromatic carbocycles. The predicted octanol–water partition coefficient (Wildman–Crippen LogP) is 2.11. The lowest BCUT2D eigenvalue weighted by atomic mass is 9.70. The first-order valence-corrected chi connectivity index (χ1v) is 8.59. The molecule has 0 spiro atoms. The summed E-state index contributed by atoms with van der Waals surface area (Å²) in [4.78, 5) is 31.2. The number of rotatable bonds is 4. The summed E-state index contributed by atoms with van der Waals surface area (Å²) in [6, 6.07) is 9.41. The summed E-state index contributed by atoms with van der Waals surface area (Å²) in [6.45, 7) is 0. The molecule has 2 bridgehead atoms. The number of nitrogens with zero attached hydrogens (tertiary/aromatic N) is 3. The maximum absolute atomic E-state index is 12.9. The zero-order chi connectivity index (χ0) is 17.6. The second-order valence-corrected chi connectivity index (χ2v) is 7.21. The first-order valence-electron chi connectivity index (χ1n) is 8.59. The number of fused-ring (bicyclic) bond motifs is 2. The number of hydrogen-bond donors (Lipinski definition) is 1. The molecule has 2 fully saturated rings. The van der Waals surface area contributed by atoms with Crippen LogP contribution in [0.25, 0.3) is 0 Å². The van der Waals surface area contributed by atoms with Gasteiger partial charge in [-0.25, -0.2) is 4.98 Å². The molecule has 2 saturated heterocycles. The van der Waals surface area contributed by atoms with E-state index in [1.807, 2.05) is 37.4 Å². The van der Waals surface area contributed by atoms with Gasteiger partial charge in [0.2, 0.25) is 0 Å². The minimum atomic E-state index is -0.908. The second kappa shape index (κ2) is 5.72. The van der Waals surface area contributed by atoms with Crippen LogP contribution in [0.3, 0.4) is 0 Å². The highest BCUT2D eigenvalue weighted by molar-refractivity contribution is 5.94. The summed E-state index contributed by atoms with van der Waals surface area (Å²) in [7, 11) is 1.82. The molecular weight excluding hydrogens is 318 g/mol. The van der Waals surface area contributed by atoms with Crippen molar-refractivity contribution < 1.29 is 14.7 Å². The number of aromatic nitrogens is 2. The Hall–Kier alpha value is -2.63. The van der Waals surface area contributed by atoms with E-state index >= 15 is 0 Å². The van der Waals surface area contributed by atoms with Gasteiger partial charge >= 0.3 is 5.97 Å². The van der Waals surface area contributed by atoms with Crippen LogP contribution in [0.15, 0.2) is 42.9 Å². The van der Waals surface area contributed by atoms with Gasteiger partial charge in [-0.2, -0.15) is 0 Å². The number of carboxylic acids is 1. The van der Waals surface area contributed by atoms with E-state index in [2.05, 4.69) is 4.98 Å². The largest absolute Gasteiger partial charge is 0.481 e. The number of aliphatic carboxylic acids is 1. The number of carbonyl (C=O) groups excluding carboxylic acids is 1. The van der Waals surface area contributed by atoms with Crippen LogP contribution in [-0.4, -0.2) is 43.5 Å². The van der Waals surface area contributed by atoms with Gasteiger partial charge in [0, 0.05) is 25.3 Å². The normalized spacial score (nSPS) is 27.6. The molecule has 0 saturated carbocycles. The molecule has 6 nitrogen and oxygen atoms in total. The van der Waals surface area contributed by atoms with Crippen LogP contribution < -0.4 is 0 Å². The Bertz CT molecular complexity index is 816. The standard InChI is InChI=1S/C19H21N3O3/c1-21-11-15(20-12-21)17(23)22-14-7-8-16(22)19(10-14,18(24)25)9-13-5-3-2-4-6-13/h2-6,11-12,14,16H,7-10H2,1H3,(H,24,25)/t14-,16+,19+/m0/s1. The maximum atomic E-state index is 12.9. The van der Waals surface area contributed by atoms with Crippen molar-refractivity contribution in [1.29, 1.82) is 0 Å². The van der Waals surface area contributed by atoms with Gasteiger partial charge in [0.1, 0.15) is 5.69 Å². The van der Waals surface area contributed by atoms with Crippen LogP contribution >= 0.6 is 0 Å². The fraction of sp³-hybridized carbons (Fsp3) is 0.421. The Labute approximate surface area is 146 Å². The van der Waals surface area contributed by atoms with E-state index in [0.717, 1.165) is 18.4 Å². The van der Waals surface area contributed by atoms with Gasteiger partial charge in [-0.3, -0.25) is 9.59 Å². The van der Waals surface area contributed by atoms with E-state index in [1.165, 1.54) is 0 Å². The lowest BCUT2D eigenvalue weighted by Gasteiger charge is -2.33. The Kier molecular flexibility index (Phi) is 3.63. The van der Waals surface area contributed by atoms with E-state index in [1.54, 1.807) is 22.0 Å². The average Bonchev–Trinajstić information content (AvgIpc) is 3.28. The average molecular weight is 339 g/mol. The third-order valence-corrected chi connectivity index (χ3v) is 5.69. The number of aryl methyl sites for hydroxylation is 1. The van der Waals surface area contributed by atoms with Crippen molar-refractivity contribution in [2.24, 2.45) is 12.5 Å². The summed E-state index contributed by atoms with van der Waals surface area (Å²) in [5.74, 6) is -0.952. The van der Waals surface area contributed by atoms with Gasteiger partial charge in [0.15, 0.2) is 0 Å². The van der Waals surface area contributed by atoms with Crippen LogP contribution in [0, 0.1) is 5.41 Å².